The van der Waals surface area contributed by atoms with E-state index in [1.165, 1.54) is 6.07 Å². The maximum atomic E-state index is 14.5. The molecule has 2 heterocycles. The van der Waals surface area contributed by atoms with Crippen molar-refractivity contribution < 1.29 is 18.7 Å². The van der Waals surface area contributed by atoms with Crippen molar-refractivity contribution in [2.24, 2.45) is 4.99 Å². The first kappa shape index (κ1) is 22.8. The first-order chi connectivity index (χ1) is 14.4. The van der Waals surface area contributed by atoms with Gasteiger partial charge in [-0.2, -0.15) is 0 Å². The minimum Gasteiger partial charge on any atom is -0.463 e. The quantitative estimate of drug-likeness (QED) is 0.255. The van der Waals surface area contributed by atoms with E-state index in [1.807, 2.05) is 6.92 Å². The van der Waals surface area contributed by atoms with Crippen LogP contribution in [0.2, 0.25) is 5.02 Å². The molecule has 0 N–H and O–H groups in total. The highest BCUT2D eigenvalue weighted by molar-refractivity contribution is 7.81. The Labute approximate surface area is 186 Å². The largest absolute Gasteiger partial charge is 0.463 e. The lowest BCUT2D eigenvalue weighted by Crippen LogP contribution is -2.31. The van der Waals surface area contributed by atoms with E-state index in [0.29, 0.717) is 36.7 Å². The van der Waals surface area contributed by atoms with E-state index < -0.39 is 11.8 Å². The molecular formula is C19H21ClFN3O4S2. The Hall–Kier alpha value is -1.88. The van der Waals surface area contributed by atoms with E-state index >= 15 is 0 Å². The molecule has 3 rings (SSSR count). The third-order valence-corrected chi connectivity index (χ3v) is 5.99. The Bertz CT molecular complexity index is 1080. The molecule has 1 aromatic heterocycles. The van der Waals surface area contributed by atoms with Crippen LogP contribution in [0, 0.1) is 5.82 Å². The van der Waals surface area contributed by atoms with Crippen molar-refractivity contribution in [1.82, 2.24) is 9.36 Å². The maximum Gasteiger partial charge on any atom is 0.325 e. The summed E-state index contributed by atoms with van der Waals surface area (Å²) in [7, 11) is 0. The van der Waals surface area contributed by atoms with Gasteiger partial charge in [0.05, 0.1) is 18.1 Å². The zero-order valence-corrected chi connectivity index (χ0v) is 18.7. The van der Waals surface area contributed by atoms with Gasteiger partial charge in [0.2, 0.25) is 4.80 Å². The number of nitrogens with zero attached hydrogens (tertiary/aromatic N) is 3. The molecule has 0 spiro atoms. The smallest absolute Gasteiger partial charge is 0.325 e. The molecule has 0 fully saturated rings. The van der Waals surface area contributed by atoms with Crippen molar-refractivity contribution in [3.05, 3.63) is 43.0 Å². The lowest BCUT2D eigenvalue weighted by molar-refractivity contribution is -0.143. The van der Waals surface area contributed by atoms with Gasteiger partial charge in [-0.05, 0) is 43.2 Å². The summed E-state index contributed by atoms with van der Waals surface area (Å²) in [5.41, 5.74) is 0.336. The topological polar surface area (TPSA) is 74.8 Å². The number of ether oxygens (including phenoxy) is 2. The molecule has 0 saturated carbocycles. The van der Waals surface area contributed by atoms with Crippen molar-refractivity contribution in [1.29, 1.82) is 0 Å². The minimum absolute atomic E-state index is 0.00388. The second-order valence-electron chi connectivity index (χ2n) is 6.52. The van der Waals surface area contributed by atoms with Crippen LogP contribution in [0.3, 0.4) is 0 Å². The van der Waals surface area contributed by atoms with Crippen LogP contribution in [0.1, 0.15) is 31.7 Å². The summed E-state index contributed by atoms with van der Waals surface area (Å²) >= 11 is 12.4. The number of aromatic nitrogens is 2. The van der Waals surface area contributed by atoms with Crippen molar-refractivity contribution in [3.63, 3.8) is 0 Å². The average Bonchev–Trinajstić information content (AvgIpc) is 3.03. The monoisotopic (exact) mass is 473 g/mol. The molecule has 7 nitrogen and oxygen atoms in total. The van der Waals surface area contributed by atoms with Gasteiger partial charge < -0.3 is 9.47 Å². The Morgan fingerprint density at radius 2 is 2.03 bits per heavy atom. The summed E-state index contributed by atoms with van der Waals surface area (Å²) < 4.78 is 28.1. The van der Waals surface area contributed by atoms with Gasteiger partial charge in [0.15, 0.2) is 0 Å². The summed E-state index contributed by atoms with van der Waals surface area (Å²) in [4.78, 5) is 28.9. The second-order valence-corrected chi connectivity index (χ2v) is 8.34. The highest BCUT2D eigenvalue weighted by Gasteiger charge is 2.17. The van der Waals surface area contributed by atoms with Gasteiger partial charge in [0.1, 0.15) is 18.1 Å². The molecule has 0 amide bonds. The van der Waals surface area contributed by atoms with E-state index in [2.05, 4.69) is 4.99 Å². The first-order valence-electron chi connectivity index (χ1n) is 9.51. The van der Waals surface area contributed by atoms with Gasteiger partial charge in [-0.3, -0.25) is 14.3 Å². The summed E-state index contributed by atoms with van der Waals surface area (Å²) in [6, 6.07) is 2.51. The van der Waals surface area contributed by atoms with Crippen LogP contribution in [0.25, 0.3) is 0 Å². The molecule has 0 saturated heterocycles. The predicted molar refractivity (Wildman–Crippen MR) is 116 cm³/mol. The molecule has 1 aliphatic heterocycles. The zero-order chi connectivity index (χ0) is 21.7. The Morgan fingerprint density at radius 1 is 1.30 bits per heavy atom. The van der Waals surface area contributed by atoms with E-state index in [0.717, 1.165) is 30.2 Å². The predicted octanol–water partition coefficient (Wildman–Crippen LogP) is 3.22. The second kappa shape index (κ2) is 10.4. The van der Waals surface area contributed by atoms with Crippen LogP contribution in [-0.4, -0.2) is 40.0 Å². The van der Waals surface area contributed by atoms with Crippen LogP contribution < -0.4 is 9.67 Å². The standard InChI is InChI=1S/C19H21ClFN3O4S2/c1-2-27-7-8-28-17(25)11-16(29)12-9-15(14(21)10-13(12)20)22-18-23-5-3-4-6-24(23)19(26)30-18/h9-10H,2-8,11H2,1H3. The molecular weight excluding hydrogens is 453 g/mol. The Morgan fingerprint density at radius 3 is 2.77 bits per heavy atom. The number of carbonyl (C=O) groups excluding carboxylic acids is 1. The van der Waals surface area contributed by atoms with Gasteiger partial charge in [-0.15, -0.1) is 0 Å². The summed E-state index contributed by atoms with van der Waals surface area (Å²) in [5, 5.41) is 0.0818. The average molecular weight is 474 g/mol. The van der Waals surface area contributed by atoms with Crippen molar-refractivity contribution >= 4 is 51.7 Å². The highest BCUT2D eigenvalue weighted by atomic mass is 35.5. The molecule has 0 bridgehead atoms. The van der Waals surface area contributed by atoms with Crippen LogP contribution in [0.5, 0.6) is 0 Å². The van der Waals surface area contributed by atoms with Crippen molar-refractivity contribution in [2.75, 3.05) is 19.8 Å². The fraction of sp³-hybridized carbons (Fsp3) is 0.474. The molecule has 1 aromatic carbocycles. The summed E-state index contributed by atoms with van der Waals surface area (Å²) in [6.07, 6.45) is 1.67. The van der Waals surface area contributed by atoms with E-state index in [9.17, 15) is 14.0 Å². The molecule has 1 aliphatic rings. The van der Waals surface area contributed by atoms with Gasteiger partial charge in [-0.25, -0.2) is 14.1 Å². The number of fused-ring (bicyclic) bond motifs is 1. The third kappa shape index (κ3) is 5.42. The molecule has 162 valence electrons. The fourth-order valence-electron chi connectivity index (χ4n) is 2.99. The number of carbonyl (C=O) groups is 1. The molecule has 30 heavy (non-hydrogen) atoms. The van der Waals surface area contributed by atoms with Crippen molar-refractivity contribution in [3.8, 4) is 0 Å². The summed E-state index contributed by atoms with van der Waals surface area (Å²) in [5.74, 6) is -1.16. The molecule has 0 aliphatic carbocycles. The van der Waals surface area contributed by atoms with Crippen LogP contribution in [0.4, 0.5) is 10.1 Å². The number of thiocarbonyl (C=S) groups is 1. The van der Waals surface area contributed by atoms with E-state index in [-0.39, 0.29) is 33.5 Å². The van der Waals surface area contributed by atoms with E-state index in [4.69, 9.17) is 33.3 Å². The minimum atomic E-state index is -0.637. The third-order valence-electron chi connectivity index (χ3n) is 4.44. The molecule has 0 radical (unpaired) electrons. The normalized spacial score (nSPS) is 13.9. The number of esters is 1. The molecule has 2 aromatic rings. The Kier molecular flexibility index (Phi) is 7.93. The highest BCUT2D eigenvalue weighted by Crippen LogP contribution is 2.27. The number of rotatable bonds is 8. The number of benzene rings is 1. The van der Waals surface area contributed by atoms with E-state index in [1.54, 1.807) is 9.36 Å². The van der Waals surface area contributed by atoms with Crippen molar-refractivity contribution in [2.45, 2.75) is 39.3 Å². The molecule has 0 atom stereocenters. The molecule has 0 unspecified atom stereocenters. The van der Waals surface area contributed by atoms with Gasteiger partial charge in [-0.1, -0.05) is 23.8 Å². The Balaban J connectivity index is 1.84. The number of halogens is 2. The maximum absolute atomic E-state index is 14.5. The lowest BCUT2D eigenvalue weighted by Gasteiger charge is -2.15. The number of hydrogen-bond donors (Lipinski definition) is 0. The van der Waals surface area contributed by atoms with Crippen LogP contribution in [-0.2, 0) is 27.4 Å². The van der Waals surface area contributed by atoms with Gasteiger partial charge in [0, 0.05) is 30.1 Å². The number of hydrogen-bond acceptors (Lipinski definition) is 7. The summed E-state index contributed by atoms with van der Waals surface area (Å²) in [6.45, 7) is 4.07. The first-order valence-corrected chi connectivity index (χ1v) is 11.1. The SMILES string of the molecule is CCOCCOC(=O)CC(=S)c1cc(N=c2sc(=O)n3n2CCCC3)c(F)cc1Cl. The fourth-order valence-corrected chi connectivity index (χ4v) is 4.49. The lowest BCUT2D eigenvalue weighted by atomic mass is 10.1. The van der Waals surface area contributed by atoms with Crippen LogP contribution >= 0.6 is 35.2 Å². The molecule has 11 heteroatoms. The van der Waals surface area contributed by atoms with Gasteiger partial charge >= 0.3 is 10.8 Å². The van der Waals surface area contributed by atoms with Gasteiger partial charge in [0.25, 0.3) is 0 Å². The van der Waals surface area contributed by atoms with Crippen LogP contribution in [0.15, 0.2) is 21.9 Å². The zero-order valence-electron chi connectivity index (χ0n) is 16.4.